The molecule has 3 heteroatoms. The van der Waals surface area contributed by atoms with Crippen molar-refractivity contribution >= 4 is 11.9 Å². The Morgan fingerprint density at radius 2 is 2.00 bits per heavy atom. The molecule has 0 saturated carbocycles. The number of imidazole rings is 1. The van der Waals surface area contributed by atoms with Crippen LogP contribution in [0.2, 0.25) is 0 Å². The summed E-state index contributed by atoms with van der Waals surface area (Å²) in [6.45, 7) is 4.03. The number of carbonyl (C=O) groups is 1. The van der Waals surface area contributed by atoms with Gasteiger partial charge in [-0.1, -0.05) is 29.8 Å². The van der Waals surface area contributed by atoms with E-state index in [1.807, 2.05) is 60.8 Å². The normalized spacial score (nSPS) is 10.8. The molecule has 0 radical (unpaired) electrons. The van der Waals surface area contributed by atoms with Crippen LogP contribution in [0.25, 0.3) is 16.9 Å². The minimum Gasteiger partial charge on any atom is -0.297 e. The molecular formula is C16H14N2O. The zero-order valence-electron chi connectivity index (χ0n) is 10.9. The average molecular weight is 250 g/mol. The Balaban J connectivity index is 2.35. The second-order valence-electron chi connectivity index (χ2n) is 4.72. The summed E-state index contributed by atoms with van der Waals surface area (Å²) in [5.41, 5.74) is 5.37. The van der Waals surface area contributed by atoms with Gasteiger partial charge in [-0.3, -0.25) is 9.20 Å². The van der Waals surface area contributed by atoms with E-state index in [2.05, 4.69) is 4.98 Å². The summed E-state index contributed by atoms with van der Waals surface area (Å²) in [7, 11) is 0. The standard InChI is InChI=1S/C16H14N2O/c1-11-5-3-7-13(9-11)15-14(10-19)18-8-4-6-12(2)16(18)17-15/h3-10H,1-2H3. The molecule has 0 aliphatic heterocycles. The lowest BCUT2D eigenvalue weighted by Gasteiger charge is -2.00. The van der Waals surface area contributed by atoms with E-state index in [-0.39, 0.29) is 0 Å². The van der Waals surface area contributed by atoms with Crippen LogP contribution in [-0.2, 0) is 0 Å². The van der Waals surface area contributed by atoms with Crippen molar-refractivity contribution in [2.75, 3.05) is 0 Å². The SMILES string of the molecule is Cc1cccc(-c2nc3c(C)cccn3c2C=O)c1. The molecule has 0 aliphatic rings. The van der Waals surface area contributed by atoms with Gasteiger partial charge in [0.25, 0.3) is 0 Å². The Morgan fingerprint density at radius 3 is 2.74 bits per heavy atom. The van der Waals surface area contributed by atoms with Crippen LogP contribution < -0.4 is 0 Å². The predicted octanol–water partition coefficient (Wildman–Crippen LogP) is 3.43. The number of carbonyl (C=O) groups excluding carboxylic acids is 1. The molecule has 0 aliphatic carbocycles. The van der Waals surface area contributed by atoms with Crippen molar-refractivity contribution in [1.29, 1.82) is 0 Å². The van der Waals surface area contributed by atoms with Gasteiger partial charge in [0.15, 0.2) is 6.29 Å². The zero-order chi connectivity index (χ0) is 13.4. The number of aldehydes is 1. The largest absolute Gasteiger partial charge is 0.297 e. The highest BCUT2D eigenvalue weighted by atomic mass is 16.1. The van der Waals surface area contributed by atoms with Crippen molar-refractivity contribution < 1.29 is 4.79 Å². The minimum absolute atomic E-state index is 0.601. The molecule has 0 spiro atoms. The quantitative estimate of drug-likeness (QED) is 0.653. The summed E-state index contributed by atoms with van der Waals surface area (Å²) in [4.78, 5) is 16.0. The van der Waals surface area contributed by atoms with E-state index in [1.165, 1.54) is 0 Å². The van der Waals surface area contributed by atoms with Crippen molar-refractivity contribution in [3.05, 3.63) is 59.4 Å². The third-order valence-electron chi connectivity index (χ3n) is 3.29. The van der Waals surface area contributed by atoms with E-state index in [0.29, 0.717) is 5.69 Å². The molecule has 0 fully saturated rings. The third kappa shape index (κ3) is 1.83. The van der Waals surface area contributed by atoms with E-state index in [1.54, 1.807) is 0 Å². The lowest BCUT2D eigenvalue weighted by molar-refractivity contribution is 0.111. The minimum atomic E-state index is 0.601. The van der Waals surface area contributed by atoms with Gasteiger partial charge in [0.2, 0.25) is 0 Å². The van der Waals surface area contributed by atoms with Crippen molar-refractivity contribution in [3.8, 4) is 11.3 Å². The average Bonchev–Trinajstić information content (AvgIpc) is 2.79. The van der Waals surface area contributed by atoms with Gasteiger partial charge < -0.3 is 0 Å². The molecule has 0 bridgehead atoms. The molecule has 0 saturated heterocycles. The van der Waals surface area contributed by atoms with Gasteiger partial charge in [0, 0.05) is 11.8 Å². The van der Waals surface area contributed by atoms with Crippen molar-refractivity contribution in [1.82, 2.24) is 9.38 Å². The molecule has 0 unspecified atom stereocenters. The Hall–Kier alpha value is -2.42. The fourth-order valence-electron chi connectivity index (χ4n) is 2.34. The van der Waals surface area contributed by atoms with Gasteiger partial charge in [-0.2, -0.15) is 0 Å². The third-order valence-corrected chi connectivity index (χ3v) is 3.29. The van der Waals surface area contributed by atoms with E-state index >= 15 is 0 Å². The lowest BCUT2D eigenvalue weighted by Crippen LogP contribution is -1.92. The van der Waals surface area contributed by atoms with Crippen LogP contribution in [0, 0.1) is 13.8 Å². The zero-order valence-corrected chi connectivity index (χ0v) is 10.9. The molecule has 3 aromatic rings. The van der Waals surface area contributed by atoms with Crippen LogP contribution >= 0.6 is 0 Å². The molecule has 0 N–H and O–H groups in total. The number of aromatic nitrogens is 2. The Kier molecular flexibility index (Phi) is 2.67. The maximum Gasteiger partial charge on any atom is 0.169 e. The monoisotopic (exact) mass is 250 g/mol. The number of benzene rings is 1. The van der Waals surface area contributed by atoms with Gasteiger partial charge in [-0.15, -0.1) is 0 Å². The molecule has 3 nitrogen and oxygen atoms in total. The number of pyridine rings is 1. The first kappa shape index (κ1) is 11.7. The van der Waals surface area contributed by atoms with Crippen molar-refractivity contribution in [2.24, 2.45) is 0 Å². The molecule has 0 amide bonds. The highest BCUT2D eigenvalue weighted by Gasteiger charge is 2.14. The molecule has 0 atom stereocenters. The van der Waals surface area contributed by atoms with Crippen LogP contribution in [-0.4, -0.2) is 15.7 Å². The molecule has 1 aromatic carbocycles. The highest BCUT2D eigenvalue weighted by molar-refractivity contribution is 5.86. The molecule has 19 heavy (non-hydrogen) atoms. The summed E-state index contributed by atoms with van der Waals surface area (Å²) in [6, 6.07) is 12.0. The Morgan fingerprint density at radius 1 is 1.16 bits per heavy atom. The topological polar surface area (TPSA) is 34.4 Å². The summed E-state index contributed by atoms with van der Waals surface area (Å²) < 4.78 is 1.85. The summed E-state index contributed by atoms with van der Waals surface area (Å²) in [5, 5.41) is 0. The number of rotatable bonds is 2. The van der Waals surface area contributed by atoms with Crippen LogP contribution in [0.4, 0.5) is 0 Å². The van der Waals surface area contributed by atoms with Gasteiger partial charge in [-0.05, 0) is 31.5 Å². The van der Waals surface area contributed by atoms with E-state index in [4.69, 9.17) is 0 Å². The van der Waals surface area contributed by atoms with Crippen LogP contribution in [0.1, 0.15) is 21.6 Å². The van der Waals surface area contributed by atoms with Gasteiger partial charge in [-0.25, -0.2) is 4.98 Å². The van der Waals surface area contributed by atoms with Gasteiger partial charge >= 0.3 is 0 Å². The summed E-state index contributed by atoms with van der Waals surface area (Å²) in [5.74, 6) is 0. The molecule has 2 heterocycles. The smallest absolute Gasteiger partial charge is 0.169 e. The lowest BCUT2D eigenvalue weighted by atomic mass is 10.1. The fourth-order valence-corrected chi connectivity index (χ4v) is 2.34. The molecule has 3 rings (SSSR count). The van der Waals surface area contributed by atoms with Crippen LogP contribution in [0.3, 0.4) is 0 Å². The maximum atomic E-state index is 11.4. The number of fused-ring (bicyclic) bond motifs is 1. The van der Waals surface area contributed by atoms with E-state index in [0.717, 1.165) is 34.3 Å². The number of aryl methyl sites for hydroxylation is 2. The van der Waals surface area contributed by atoms with E-state index < -0.39 is 0 Å². The summed E-state index contributed by atoms with van der Waals surface area (Å²) in [6.07, 6.45) is 2.75. The van der Waals surface area contributed by atoms with Gasteiger partial charge in [0.1, 0.15) is 17.0 Å². The second kappa shape index (κ2) is 4.35. The second-order valence-corrected chi connectivity index (χ2v) is 4.72. The number of nitrogens with zero attached hydrogens (tertiary/aromatic N) is 2. The van der Waals surface area contributed by atoms with Crippen molar-refractivity contribution in [3.63, 3.8) is 0 Å². The Bertz CT molecular complexity index is 772. The van der Waals surface area contributed by atoms with Crippen LogP contribution in [0.5, 0.6) is 0 Å². The first-order valence-corrected chi connectivity index (χ1v) is 6.20. The first-order chi connectivity index (χ1) is 9.20. The predicted molar refractivity (Wildman–Crippen MR) is 75.5 cm³/mol. The summed E-state index contributed by atoms with van der Waals surface area (Å²) >= 11 is 0. The molecule has 94 valence electrons. The number of hydrogen-bond donors (Lipinski definition) is 0. The number of hydrogen-bond acceptors (Lipinski definition) is 2. The van der Waals surface area contributed by atoms with E-state index in [9.17, 15) is 4.79 Å². The first-order valence-electron chi connectivity index (χ1n) is 6.20. The fraction of sp³-hybridized carbons (Fsp3) is 0.125. The van der Waals surface area contributed by atoms with Gasteiger partial charge in [0.05, 0.1) is 0 Å². The van der Waals surface area contributed by atoms with Crippen molar-refractivity contribution in [2.45, 2.75) is 13.8 Å². The maximum absolute atomic E-state index is 11.4. The molecule has 2 aromatic heterocycles. The molecular weight excluding hydrogens is 236 g/mol. The van der Waals surface area contributed by atoms with Crippen LogP contribution in [0.15, 0.2) is 42.6 Å². The Labute approximate surface area is 111 Å². The highest BCUT2D eigenvalue weighted by Crippen LogP contribution is 2.25.